The number of aliphatic carboxylic acids is 1. The lowest BCUT2D eigenvalue weighted by molar-refractivity contribution is -0.136. The van der Waals surface area contributed by atoms with E-state index in [1.165, 1.54) is 7.11 Å². The summed E-state index contributed by atoms with van der Waals surface area (Å²) in [5, 5.41) is 13.5. The van der Waals surface area contributed by atoms with E-state index >= 15 is 0 Å². The summed E-state index contributed by atoms with van der Waals surface area (Å²) < 4.78 is 6.89. The van der Waals surface area contributed by atoms with Crippen molar-refractivity contribution in [1.82, 2.24) is 9.88 Å². The molecule has 0 bridgehead atoms. The highest BCUT2D eigenvalue weighted by Gasteiger charge is 2.28. The zero-order valence-corrected chi connectivity index (χ0v) is 15.0. The molecule has 134 valence electrons. The number of methoxy groups -OCH3 is 1. The summed E-state index contributed by atoms with van der Waals surface area (Å²) in [6.07, 6.45) is 1.36. The third-order valence-corrected chi connectivity index (χ3v) is 5.23. The molecule has 6 nitrogen and oxygen atoms in total. The maximum Gasteiger partial charge on any atom is 0.307 e. The van der Waals surface area contributed by atoms with Gasteiger partial charge in [0.2, 0.25) is 5.91 Å². The first kappa shape index (κ1) is 17.8. The Morgan fingerprint density at radius 3 is 2.64 bits per heavy atom. The first-order chi connectivity index (χ1) is 12.0. The molecule has 0 atom stereocenters. The highest BCUT2D eigenvalue weighted by atomic mass is 35.5. The molecule has 1 saturated heterocycles. The van der Waals surface area contributed by atoms with Gasteiger partial charge in [0.25, 0.3) is 0 Å². The van der Waals surface area contributed by atoms with E-state index in [0.29, 0.717) is 32.9 Å². The van der Waals surface area contributed by atoms with Gasteiger partial charge in [-0.3, -0.25) is 14.2 Å². The van der Waals surface area contributed by atoms with E-state index in [-0.39, 0.29) is 18.2 Å². The quantitative estimate of drug-likeness (QED) is 0.871. The zero-order valence-electron chi connectivity index (χ0n) is 14.3. The van der Waals surface area contributed by atoms with Gasteiger partial charge in [-0.2, -0.15) is 0 Å². The SMILES string of the molecule is COc1ccc2c(c1Cl)c(CC(=O)O)c(C)n2C(=O)C1CCNCC1. The lowest BCUT2D eigenvalue weighted by Gasteiger charge is -2.22. The average molecular weight is 365 g/mol. The molecule has 2 aromatic rings. The van der Waals surface area contributed by atoms with Crippen LogP contribution in [0.25, 0.3) is 10.9 Å². The van der Waals surface area contributed by atoms with Gasteiger partial charge in [-0.05, 0) is 50.6 Å². The molecule has 25 heavy (non-hydrogen) atoms. The van der Waals surface area contributed by atoms with E-state index in [0.717, 1.165) is 25.9 Å². The van der Waals surface area contributed by atoms with Crippen LogP contribution in [0.3, 0.4) is 0 Å². The second kappa shape index (κ2) is 7.06. The van der Waals surface area contributed by atoms with Gasteiger partial charge in [0.15, 0.2) is 0 Å². The summed E-state index contributed by atoms with van der Waals surface area (Å²) in [6, 6.07) is 3.48. The number of carboxylic acids is 1. The fourth-order valence-electron chi connectivity index (χ4n) is 3.58. The molecular weight excluding hydrogens is 344 g/mol. The predicted molar refractivity (Wildman–Crippen MR) is 95.8 cm³/mol. The Bertz CT molecular complexity index is 837. The van der Waals surface area contributed by atoms with Gasteiger partial charge in [-0.25, -0.2) is 0 Å². The van der Waals surface area contributed by atoms with Crippen molar-refractivity contribution in [2.75, 3.05) is 20.2 Å². The third-order valence-electron chi connectivity index (χ3n) is 4.86. The summed E-state index contributed by atoms with van der Waals surface area (Å²) in [5.41, 5.74) is 1.84. The van der Waals surface area contributed by atoms with E-state index < -0.39 is 5.97 Å². The average Bonchev–Trinajstić information content (AvgIpc) is 2.87. The minimum Gasteiger partial charge on any atom is -0.495 e. The molecule has 0 aliphatic carbocycles. The number of fused-ring (bicyclic) bond motifs is 1. The Labute approximate surface area is 150 Å². The van der Waals surface area contributed by atoms with Gasteiger partial charge >= 0.3 is 5.97 Å². The molecule has 0 spiro atoms. The first-order valence-electron chi connectivity index (χ1n) is 8.28. The Kier molecular flexibility index (Phi) is 5.01. The van der Waals surface area contributed by atoms with Crippen molar-refractivity contribution in [3.63, 3.8) is 0 Å². The molecule has 1 aromatic heterocycles. The van der Waals surface area contributed by atoms with Crippen molar-refractivity contribution >= 4 is 34.4 Å². The molecule has 2 heterocycles. The minimum absolute atomic E-state index is 0.00173. The van der Waals surface area contributed by atoms with Crippen LogP contribution >= 0.6 is 11.6 Å². The van der Waals surface area contributed by atoms with Crippen LogP contribution in [0.15, 0.2) is 12.1 Å². The first-order valence-corrected chi connectivity index (χ1v) is 8.66. The van der Waals surface area contributed by atoms with Crippen molar-refractivity contribution in [3.05, 3.63) is 28.4 Å². The summed E-state index contributed by atoms with van der Waals surface area (Å²) in [6.45, 7) is 3.40. The number of aromatic nitrogens is 1. The van der Waals surface area contributed by atoms with Crippen LogP contribution in [-0.4, -0.2) is 41.7 Å². The van der Waals surface area contributed by atoms with E-state index in [4.69, 9.17) is 16.3 Å². The van der Waals surface area contributed by atoms with E-state index in [1.807, 2.05) is 0 Å². The number of rotatable bonds is 4. The van der Waals surface area contributed by atoms with Crippen LogP contribution in [0, 0.1) is 12.8 Å². The monoisotopic (exact) mass is 364 g/mol. The van der Waals surface area contributed by atoms with Gasteiger partial charge in [0.1, 0.15) is 5.75 Å². The number of carboxylic acid groups (broad SMARTS) is 1. The summed E-state index contributed by atoms with van der Waals surface area (Å²) in [4.78, 5) is 24.4. The Hall–Kier alpha value is -2.05. The number of halogens is 1. The fourth-order valence-corrected chi connectivity index (χ4v) is 3.93. The topological polar surface area (TPSA) is 80.6 Å². The molecule has 0 radical (unpaired) electrons. The lowest BCUT2D eigenvalue weighted by atomic mass is 9.97. The summed E-state index contributed by atoms with van der Waals surface area (Å²) in [5.74, 6) is -0.571. The zero-order chi connectivity index (χ0) is 18.1. The second-order valence-corrected chi connectivity index (χ2v) is 6.69. The van der Waals surface area contributed by atoms with Crippen LogP contribution in [0.1, 0.15) is 28.9 Å². The number of nitrogens with one attached hydrogen (secondary N) is 1. The molecule has 1 aromatic carbocycles. The van der Waals surface area contributed by atoms with Gasteiger partial charge in [-0.15, -0.1) is 0 Å². The normalized spacial score (nSPS) is 15.5. The summed E-state index contributed by atoms with van der Waals surface area (Å²) >= 11 is 6.45. The molecule has 0 amide bonds. The van der Waals surface area contributed by atoms with Crippen LogP contribution in [-0.2, 0) is 11.2 Å². The summed E-state index contributed by atoms with van der Waals surface area (Å²) in [7, 11) is 1.51. The third kappa shape index (κ3) is 3.12. The molecule has 1 fully saturated rings. The molecule has 7 heteroatoms. The van der Waals surface area contributed by atoms with Crippen LogP contribution in [0.4, 0.5) is 0 Å². The van der Waals surface area contributed by atoms with E-state index in [9.17, 15) is 14.7 Å². The van der Waals surface area contributed by atoms with Crippen molar-refractivity contribution in [2.45, 2.75) is 26.2 Å². The maximum atomic E-state index is 13.1. The number of carbonyl (C=O) groups is 2. The largest absolute Gasteiger partial charge is 0.495 e. The van der Waals surface area contributed by atoms with Crippen LogP contribution in [0.2, 0.25) is 5.02 Å². The van der Waals surface area contributed by atoms with E-state index in [2.05, 4.69) is 5.32 Å². The van der Waals surface area contributed by atoms with Gasteiger partial charge in [0, 0.05) is 17.0 Å². The number of hydrogen-bond donors (Lipinski definition) is 2. The Morgan fingerprint density at radius 1 is 1.36 bits per heavy atom. The van der Waals surface area contributed by atoms with E-state index in [1.54, 1.807) is 23.6 Å². The number of piperidine rings is 1. The molecule has 0 saturated carbocycles. The Morgan fingerprint density at radius 2 is 2.04 bits per heavy atom. The maximum absolute atomic E-state index is 13.1. The molecule has 3 rings (SSSR count). The van der Waals surface area contributed by atoms with Crippen LogP contribution < -0.4 is 10.1 Å². The highest BCUT2D eigenvalue weighted by molar-refractivity contribution is 6.37. The molecule has 2 N–H and O–H groups in total. The van der Waals surface area contributed by atoms with Crippen molar-refractivity contribution in [3.8, 4) is 5.75 Å². The lowest BCUT2D eigenvalue weighted by Crippen LogP contribution is -2.34. The van der Waals surface area contributed by atoms with Crippen molar-refractivity contribution in [2.24, 2.45) is 5.92 Å². The second-order valence-electron chi connectivity index (χ2n) is 6.31. The number of carbonyl (C=O) groups excluding carboxylic acids is 1. The fraction of sp³-hybridized carbons (Fsp3) is 0.444. The van der Waals surface area contributed by atoms with Crippen molar-refractivity contribution < 1.29 is 19.4 Å². The standard InChI is InChI=1S/C18H21ClN2O4/c1-10-12(9-15(22)23)16-13(3-4-14(25-2)17(16)19)21(10)18(24)11-5-7-20-8-6-11/h3-4,11,20H,5-9H2,1-2H3,(H,22,23). The minimum atomic E-state index is -0.963. The number of nitrogens with zero attached hydrogens (tertiary/aromatic N) is 1. The molecule has 1 aliphatic heterocycles. The highest BCUT2D eigenvalue weighted by Crippen LogP contribution is 2.38. The van der Waals surface area contributed by atoms with Gasteiger partial charge < -0.3 is 15.2 Å². The molecular formula is C18H21ClN2O4. The number of ether oxygens (including phenoxy) is 1. The van der Waals surface area contributed by atoms with Crippen LogP contribution in [0.5, 0.6) is 5.75 Å². The smallest absolute Gasteiger partial charge is 0.307 e. The molecule has 1 aliphatic rings. The van der Waals surface area contributed by atoms with Crippen molar-refractivity contribution in [1.29, 1.82) is 0 Å². The van der Waals surface area contributed by atoms with Gasteiger partial charge in [-0.1, -0.05) is 11.6 Å². The Balaban J connectivity index is 2.21. The van der Waals surface area contributed by atoms with Gasteiger partial charge in [0.05, 0.1) is 24.1 Å². The molecule has 0 unspecified atom stereocenters. The predicted octanol–water partition coefficient (Wildman–Crippen LogP) is 2.88. The number of hydrogen-bond acceptors (Lipinski definition) is 4. The number of benzene rings is 1.